The molecule has 0 unspecified atom stereocenters. The van der Waals surface area contributed by atoms with E-state index in [1.54, 1.807) is 6.07 Å². The summed E-state index contributed by atoms with van der Waals surface area (Å²) in [6, 6.07) is 5.47. The SMILES string of the molecule is CCCCCCCNC(=S)NC(=O)c1cc(Br)ccc1OCCCCCC. The number of thiocarbonyl (C=S) groups is 1. The van der Waals surface area contributed by atoms with E-state index < -0.39 is 0 Å². The second kappa shape index (κ2) is 14.9. The minimum atomic E-state index is -0.247. The first-order valence-electron chi connectivity index (χ1n) is 10.1. The molecule has 2 N–H and O–H groups in total. The van der Waals surface area contributed by atoms with Gasteiger partial charge in [-0.15, -0.1) is 0 Å². The lowest BCUT2D eigenvalue weighted by Crippen LogP contribution is -2.39. The molecule has 0 heterocycles. The van der Waals surface area contributed by atoms with E-state index >= 15 is 0 Å². The van der Waals surface area contributed by atoms with E-state index in [2.05, 4.69) is 40.4 Å². The van der Waals surface area contributed by atoms with Crippen LogP contribution in [0.2, 0.25) is 0 Å². The number of rotatable bonds is 13. The van der Waals surface area contributed by atoms with E-state index in [1.807, 2.05) is 12.1 Å². The van der Waals surface area contributed by atoms with Crippen LogP contribution in [0.25, 0.3) is 0 Å². The van der Waals surface area contributed by atoms with Crippen LogP contribution >= 0.6 is 28.1 Å². The van der Waals surface area contributed by atoms with E-state index in [4.69, 9.17) is 17.0 Å². The average molecular weight is 457 g/mol. The van der Waals surface area contributed by atoms with E-state index in [0.29, 0.717) is 23.0 Å². The Kier molecular flexibility index (Phi) is 13.2. The molecule has 0 saturated heterocycles. The van der Waals surface area contributed by atoms with Crippen molar-refractivity contribution in [1.82, 2.24) is 10.6 Å². The highest BCUT2D eigenvalue weighted by Crippen LogP contribution is 2.23. The summed E-state index contributed by atoms with van der Waals surface area (Å²) < 4.78 is 6.67. The van der Waals surface area contributed by atoms with Gasteiger partial charge in [-0.3, -0.25) is 10.1 Å². The number of halogens is 1. The first-order valence-corrected chi connectivity index (χ1v) is 11.3. The number of benzene rings is 1. The molecular weight excluding hydrogens is 424 g/mol. The molecule has 0 aliphatic carbocycles. The van der Waals surface area contributed by atoms with Gasteiger partial charge < -0.3 is 10.1 Å². The minimum absolute atomic E-state index is 0.247. The van der Waals surface area contributed by atoms with Crippen molar-refractivity contribution in [2.24, 2.45) is 0 Å². The monoisotopic (exact) mass is 456 g/mol. The third-order valence-corrected chi connectivity index (χ3v) is 4.97. The van der Waals surface area contributed by atoms with Crippen molar-refractivity contribution in [1.29, 1.82) is 0 Å². The number of amides is 1. The quantitative estimate of drug-likeness (QED) is 0.283. The zero-order valence-electron chi connectivity index (χ0n) is 16.6. The van der Waals surface area contributed by atoms with Crippen LogP contribution in [0.4, 0.5) is 0 Å². The highest BCUT2D eigenvalue weighted by Gasteiger charge is 2.14. The largest absolute Gasteiger partial charge is 0.493 e. The van der Waals surface area contributed by atoms with E-state index in [-0.39, 0.29) is 5.91 Å². The van der Waals surface area contributed by atoms with Crippen LogP contribution in [-0.4, -0.2) is 24.2 Å². The Morgan fingerprint density at radius 3 is 2.41 bits per heavy atom. The third kappa shape index (κ3) is 10.7. The van der Waals surface area contributed by atoms with Crippen LogP contribution in [-0.2, 0) is 0 Å². The molecular formula is C21H33BrN2O2S. The smallest absolute Gasteiger partial charge is 0.261 e. The van der Waals surface area contributed by atoms with Crippen molar-refractivity contribution in [3.05, 3.63) is 28.2 Å². The molecule has 27 heavy (non-hydrogen) atoms. The summed E-state index contributed by atoms with van der Waals surface area (Å²) in [5, 5.41) is 6.23. The number of ether oxygens (including phenoxy) is 1. The number of hydrogen-bond acceptors (Lipinski definition) is 3. The van der Waals surface area contributed by atoms with Gasteiger partial charge in [0.1, 0.15) is 5.75 Å². The Labute approximate surface area is 178 Å². The summed E-state index contributed by atoms with van der Waals surface area (Å²) >= 11 is 8.67. The van der Waals surface area contributed by atoms with Gasteiger partial charge in [-0.2, -0.15) is 0 Å². The van der Waals surface area contributed by atoms with Crippen molar-refractivity contribution < 1.29 is 9.53 Å². The third-order valence-electron chi connectivity index (χ3n) is 4.23. The lowest BCUT2D eigenvalue weighted by molar-refractivity contribution is 0.0972. The summed E-state index contributed by atoms with van der Waals surface area (Å²) in [5.74, 6) is 0.345. The van der Waals surface area contributed by atoms with Gasteiger partial charge in [0.2, 0.25) is 0 Å². The predicted octanol–water partition coefficient (Wildman–Crippen LogP) is 5.98. The zero-order chi connectivity index (χ0) is 19.9. The normalized spacial score (nSPS) is 10.5. The molecule has 0 bridgehead atoms. The fourth-order valence-corrected chi connectivity index (χ4v) is 3.22. The number of unbranched alkanes of at least 4 members (excludes halogenated alkanes) is 7. The second-order valence-electron chi connectivity index (χ2n) is 6.67. The van der Waals surface area contributed by atoms with Crippen molar-refractivity contribution in [2.45, 2.75) is 71.6 Å². The number of nitrogens with one attached hydrogen (secondary N) is 2. The molecule has 0 aliphatic heterocycles. The number of carbonyl (C=O) groups excluding carboxylic acids is 1. The highest BCUT2D eigenvalue weighted by atomic mass is 79.9. The summed E-state index contributed by atoms with van der Waals surface area (Å²) in [7, 11) is 0. The fourth-order valence-electron chi connectivity index (χ4n) is 2.66. The Bertz CT molecular complexity index is 581. The molecule has 0 fully saturated rings. The fraction of sp³-hybridized carbons (Fsp3) is 0.619. The van der Waals surface area contributed by atoms with Crippen LogP contribution in [0.5, 0.6) is 5.75 Å². The summed E-state index contributed by atoms with van der Waals surface area (Å²) in [6.45, 7) is 5.78. The summed E-state index contributed by atoms with van der Waals surface area (Å²) in [4.78, 5) is 12.6. The maximum Gasteiger partial charge on any atom is 0.261 e. The lowest BCUT2D eigenvalue weighted by atomic mass is 10.1. The molecule has 0 aromatic heterocycles. The standard InChI is InChI=1S/C21H33BrN2O2S/c1-3-5-7-9-10-14-23-21(27)24-20(25)18-16-17(22)12-13-19(18)26-15-11-8-6-4-2/h12-13,16H,3-11,14-15H2,1-2H3,(H2,23,24,25,27). The summed E-state index contributed by atoms with van der Waals surface area (Å²) in [5.41, 5.74) is 0.493. The molecule has 1 rings (SSSR count). The van der Waals surface area contributed by atoms with E-state index in [9.17, 15) is 4.79 Å². The minimum Gasteiger partial charge on any atom is -0.493 e. The highest BCUT2D eigenvalue weighted by molar-refractivity contribution is 9.10. The van der Waals surface area contributed by atoms with Crippen LogP contribution in [0, 0.1) is 0 Å². The Hall–Kier alpha value is -1.14. The lowest BCUT2D eigenvalue weighted by Gasteiger charge is -2.13. The van der Waals surface area contributed by atoms with E-state index in [1.165, 1.54) is 38.5 Å². The van der Waals surface area contributed by atoms with Crippen LogP contribution in [0.15, 0.2) is 22.7 Å². The second-order valence-corrected chi connectivity index (χ2v) is 8.00. The Balaban J connectivity index is 2.47. The molecule has 4 nitrogen and oxygen atoms in total. The van der Waals surface area contributed by atoms with Gasteiger partial charge in [-0.25, -0.2) is 0 Å². The average Bonchev–Trinajstić information content (AvgIpc) is 2.65. The van der Waals surface area contributed by atoms with Crippen molar-refractivity contribution in [2.75, 3.05) is 13.2 Å². The first-order chi connectivity index (χ1) is 13.1. The molecule has 6 heteroatoms. The Morgan fingerprint density at radius 1 is 1.04 bits per heavy atom. The van der Waals surface area contributed by atoms with Crippen LogP contribution < -0.4 is 15.4 Å². The summed E-state index contributed by atoms with van der Waals surface area (Å²) in [6.07, 6.45) is 10.5. The number of carbonyl (C=O) groups is 1. The molecule has 1 aromatic rings. The van der Waals surface area contributed by atoms with Gasteiger partial charge in [0.05, 0.1) is 12.2 Å². The van der Waals surface area contributed by atoms with Gasteiger partial charge in [0.25, 0.3) is 5.91 Å². The Morgan fingerprint density at radius 2 is 1.70 bits per heavy atom. The topological polar surface area (TPSA) is 50.4 Å². The molecule has 152 valence electrons. The first kappa shape index (κ1) is 23.9. The predicted molar refractivity (Wildman–Crippen MR) is 121 cm³/mol. The molecule has 0 aliphatic rings. The molecule has 0 radical (unpaired) electrons. The molecule has 0 atom stereocenters. The maximum absolute atomic E-state index is 12.6. The van der Waals surface area contributed by atoms with Gasteiger partial charge in [0.15, 0.2) is 5.11 Å². The number of hydrogen-bond donors (Lipinski definition) is 2. The molecule has 0 spiro atoms. The van der Waals surface area contributed by atoms with Gasteiger partial charge >= 0.3 is 0 Å². The van der Waals surface area contributed by atoms with E-state index in [0.717, 1.165) is 30.3 Å². The molecule has 0 saturated carbocycles. The van der Waals surface area contributed by atoms with Crippen molar-refractivity contribution >= 4 is 39.2 Å². The molecule has 1 aromatic carbocycles. The van der Waals surface area contributed by atoms with Crippen LogP contribution in [0.1, 0.15) is 82.0 Å². The van der Waals surface area contributed by atoms with Gasteiger partial charge in [-0.1, -0.05) is 74.7 Å². The van der Waals surface area contributed by atoms with Crippen LogP contribution in [0.3, 0.4) is 0 Å². The van der Waals surface area contributed by atoms with Gasteiger partial charge in [-0.05, 0) is 43.3 Å². The molecule has 1 amide bonds. The maximum atomic E-state index is 12.6. The zero-order valence-corrected chi connectivity index (χ0v) is 19.0. The van der Waals surface area contributed by atoms with Crippen molar-refractivity contribution in [3.63, 3.8) is 0 Å². The van der Waals surface area contributed by atoms with Gasteiger partial charge in [0, 0.05) is 11.0 Å². The van der Waals surface area contributed by atoms with Crippen molar-refractivity contribution in [3.8, 4) is 5.75 Å².